The lowest BCUT2D eigenvalue weighted by Crippen LogP contribution is -2.69. The molecule has 0 radical (unpaired) electrons. The summed E-state index contributed by atoms with van der Waals surface area (Å²) in [5, 5.41) is 2.80. The monoisotopic (exact) mass is 484 g/mol. The number of carbonyl (C=O) groups excluding carboxylic acids is 3. The second-order valence-electron chi connectivity index (χ2n) is 7.54. The number of ether oxygens (including phenoxy) is 1. The van der Waals surface area contributed by atoms with Gasteiger partial charge in [0.1, 0.15) is 6.61 Å². The maximum absolute atomic E-state index is 13.0. The van der Waals surface area contributed by atoms with Gasteiger partial charge in [0.25, 0.3) is 0 Å². The summed E-state index contributed by atoms with van der Waals surface area (Å²) in [5.74, 6) is -1.79. The van der Waals surface area contributed by atoms with Crippen LogP contribution < -0.4 is 5.32 Å². The number of nitrogens with one attached hydrogen (secondary N) is 1. The fourth-order valence-electron chi connectivity index (χ4n) is 3.57. The van der Waals surface area contributed by atoms with E-state index in [9.17, 15) is 14.4 Å². The molecule has 0 spiro atoms. The van der Waals surface area contributed by atoms with Crippen molar-refractivity contribution in [3.05, 3.63) is 94.2 Å². The molecule has 0 saturated carbocycles. The Morgan fingerprint density at radius 1 is 1.24 bits per heavy atom. The van der Waals surface area contributed by atoms with Crippen LogP contribution in [0.1, 0.15) is 23.4 Å². The lowest BCUT2D eigenvalue weighted by atomic mass is 9.84. The Balaban J connectivity index is 1.76. The first kappa shape index (κ1) is 24.5. The number of carbonyl (C=O) groups is 3. The van der Waals surface area contributed by atoms with E-state index in [0.29, 0.717) is 16.3 Å². The average molecular weight is 485 g/mol. The predicted octanol–water partition coefficient (Wildman–Crippen LogP) is 5.08. The molecule has 1 N–H and O–H groups in total. The predicted molar refractivity (Wildman–Crippen MR) is 130 cm³/mol. The highest BCUT2D eigenvalue weighted by Gasteiger charge is 2.55. The van der Waals surface area contributed by atoms with Gasteiger partial charge in [-0.05, 0) is 36.6 Å². The molecule has 1 aliphatic heterocycles. The van der Waals surface area contributed by atoms with Gasteiger partial charge in [0.05, 0.1) is 16.3 Å². The molecule has 33 heavy (non-hydrogen) atoms. The van der Waals surface area contributed by atoms with Crippen LogP contribution in [0.4, 0.5) is 4.79 Å². The molecule has 3 rings (SSSR count). The number of thiophene rings is 1. The minimum Gasteiger partial charge on any atom is -0.459 e. The summed E-state index contributed by atoms with van der Waals surface area (Å²) in [4.78, 5) is 40.7. The third-order valence-corrected chi connectivity index (χ3v) is 6.59. The molecule has 1 fully saturated rings. The van der Waals surface area contributed by atoms with Crippen molar-refractivity contribution in [2.24, 2.45) is 5.92 Å². The zero-order valence-electron chi connectivity index (χ0n) is 18.2. The van der Waals surface area contributed by atoms with Gasteiger partial charge in [0, 0.05) is 4.88 Å². The SMILES string of the molecule is C=C/C=C(\C=C)COC(=O)C1[C@@H](Cc2ccc(Cl)s2)C(=O)N1C(=O)NC(C)c1ccccc1. The molecule has 0 aliphatic carbocycles. The number of amides is 3. The standard InChI is InChI=1S/C25H25ClN2O4S/c1-4-9-17(5-2)15-32-24(30)22-20(14-19-12-13-21(26)33-19)23(29)28(22)25(31)27-16(3)18-10-7-6-8-11-18/h4-13,16,20,22H,1-2,14-15H2,3H3,(H,27,31)/b17-9+/t16?,20-,22?/m1/s1. The van der Waals surface area contributed by atoms with Crippen LogP contribution in [-0.4, -0.2) is 35.5 Å². The van der Waals surface area contributed by atoms with Crippen molar-refractivity contribution in [3.8, 4) is 0 Å². The number of imide groups is 1. The number of esters is 1. The third kappa shape index (κ3) is 5.80. The number of hydrogen-bond donors (Lipinski definition) is 1. The topological polar surface area (TPSA) is 75.7 Å². The number of halogens is 1. The summed E-state index contributed by atoms with van der Waals surface area (Å²) in [6.45, 7) is 9.07. The van der Waals surface area contributed by atoms with Crippen LogP contribution in [0.3, 0.4) is 0 Å². The van der Waals surface area contributed by atoms with Gasteiger partial charge in [-0.25, -0.2) is 14.5 Å². The Bertz CT molecular complexity index is 1080. The van der Waals surface area contributed by atoms with Gasteiger partial charge in [0.15, 0.2) is 6.04 Å². The number of β-lactam (4-membered cyclic amide) rings is 1. The number of benzene rings is 1. The van der Waals surface area contributed by atoms with E-state index in [1.807, 2.05) is 43.3 Å². The van der Waals surface area contributed by atoms with Crippen LogP contribution in [0.2, 0.25) is 4.34 Å². The molecule has 1 aromatic carbocycles. The third-order valence-electron chi connectivity index (χ3n) is 5.34. The lowest BCUT2D eigenvalue weighted by Gasteiger charge is -2.43. The van der Waals surface area contributed by atoms with Gasteiger partial charge in [-0.2, -0.15) is 0 Å². The van der Waals surface area contributed by atoms with Gasteiger partial charge in [-0.1, -0.05) is 73.3 Å². The average Bonchev–Trinajstić information content (AvgIpc) is 3.23. The Morgan fingerprint density at radius 3 is 2.58 bits per heavy atom. The minimum atomic E-state index is -1.03. The van der Waals surface area contributed by atoms with E-state index in [2.05, 4.69) is 18.5 Å². The number of allylic oxidation sites excluding steroid dienone is 2. The number of likely N-dealkylation sites (tertiary alicyclic amines) is 1. The first-order chi connectivity index (χ1) is 15.8. The van der Waals surface area contributed by atoms with E-state index in [-0.39, 0.29) is 12.6 Å². The van der Waals surface area contributed by atoms with E-state index in [1.54, 1.807) is 24.3 Å². The van der Waals surface area contributed by atoms with E-state index >= 15 is 0 Å². The fraction of sp³-hybridized carbons (Fsp3) is 0.240. The molecular formula is C25H25ClN2O4S. The molecule has 6 nitrogen and oxygen atoms in total. The summed E-state index contributed by atoms with van der Waals surface area (Å²) >= 11 is 7.34. The Hall–Kier alpha value is -3.16. The van der Waals surface area contributed by atoms with E-state index in [1.165, 1.54) is 11.3 Å². The molecule has 0 bridgehead atoms. The molecule has 1 aromatic heterocycles. The summed E-state index contributed by atoms with van der Waals surface area (Å²) < 4.78 is 6.01. The molecule has 1 saturated heterocycles. The maximum Gasteiger partial charge on any atom is 0.330 e. The second kappa shape index (κ2) is 11.1. The summed E-state index contributed by atoms with van der Waals surface area (Å²) in [7, 11) is 0. The second-order valence-corrected chi connectivity index (χ2v) is 9.34. The van der Waals surface area contributed by atoms with Crippen molar-refractivity contribution in [2.75, 3.05) is 6.61 Å². The Kier molecular flexibility index (Phi) is 8.25. The van der Waals surface area contributed by atoms with Gasteiger partial charge in [-0.3, -0.25) is 4.79 Å². The molecule has 2 heterocycles. The van der Waals surface area contributed by atoms with Crippen LogP contribution in [-0.2, 0) is 20.7 Å². The molecule has 2 aromatic rings. The highest BCUT2D eigenvalue weighted by Crippen LogP contribution is 2.34. The normalized spacial score (nSPS) is 18.8. The smallest absolute Gasteiger partial charge is 0.330 e. The van der Waals surface area contributed by atoms with Crippen LogP contribution in [0.15, 0.2) is 79.4 Å². The molecule has 8 heteroatoms. The Morgan fingerprint density at radius 2 is 1.97 bits per heavy atom. The molecule has 3 atom stereocenters. The number of urea groups is 1. The fourth-order valence-corrected chi connectivity index (χ4v) is 4.71. The number of rotatable bonds is 9. The number of nitrogens with zero attached hydrogens (tertiary/aromatic N) is 1. The van der Waals surface area contributed by atoms with E-state index < -0.39 is 29.9 Å². The van der Waals surface area contributed by atoms with Crippen LogP contribution in [0, 0.1) is 5.92 Å². The van der Waals surface area contributed by atoms with Crippen molar-refractivity contribution in [1.29, 1.82) is 0 Å². The summed E-state index contributed by atoms with van der Waals surface area (Å²) in [6, 6.07) is 10.9. The van der Waals surface area contributed by atoms with E-state index in [0.717, 1.165) is 15.3 Å². The quantitative estimate of drug-likeness (QED) is 0.306. The van der Waals surface area contributed by atoms with Gasteiger partial charge < -0.3 is 10.1 Å². The van der Waals surface area contributed by atoms with Crippen molar-refractivity contribution < 1.29 is 19.1 Å². The zero-order chi connectivity index (χ0) is 24.0. The minimum absolute atomic E-state index is 0.0352. The van der Waals surface area contributed by atoms with Crippen molar-refractivity contribution in [1.82, 2.24) is 10.2 Å². The van der Waals surface area contributed by atoms with Crippen LogP contribution in [0.5, 0.6) is 0 Å². The van der Waals surface area contributed by atoms with Crippen LogP contribution >= 0.6 is 22.9 Å². The van der Waals surface area contributed by atoms with Gasteiger partial charge in [0.2, 0.25) is 5.91 Å². The van der Waals surface area contributed by atoms with Crippen molar-refractivity contribution in [2.45, 2.75) is 25.4 Å². The van der Waals surface area contributed by atoms with Crippen molar-refractivity contribution in [3.63, 3.8) is 0 Å². The largest absolute Gasteiger partial charge is 0.459 e. The first-order valence-electron chi connectivity index (χ1n) is 10.4. The number of hydrogen-bond acceptors (Lipinski definition) is 5. The van der Waals surface area contributed by atoms with Crippen LogP contribution in [0.25, 0.3) is 0 Å². The van der Waals surface area contributed by atoms with Gasteiger partial charge in [-0.15, -0.1) is 11.3 Å². The first-order valence-corrected chi connectivity index (χ1v) is 11.6. The van der Waals surface area contributed by atoms with E-state index in [4.69, 9.17) is 16.3 Å². The molecular weight excluding hydrogens is 460 g/mol. The lowest BCUT2D eigenvalue weighted by molar-refractivity contribution is -0.168. The zero-order valence-corrected chi connectivity index (χ0v) is 19.8. The summed E-state index contributed by atoms with van der Waals surface area (Å²) in [6.07, 6.45) is 5.08. The van der Waals surface area contributed by atoms with Gasteiger partial charge >= 0.3 is 12.0 Å². The molecule has 2 unspecified atom stereocenters. The maximum atomic E-state index is 13.0. The Labute approximate surface area is 202 Å². The highest BCUT2D eigenvalue weighted by molar-refractivity contribution is 7.16. The molecule has 3 amide bonds. The highest BCUT2D eigenvalue weighted by atomic mass is 35.5. The molecule has 172 valence electrons. The van der Waals surface area contributed by atoms with Crippen molar-refractivity contribution >= 4 is 40.8 Å². The molecule has 1 aliphatic rings. The summed E-state index contributed by atoms with van der Waals surface area (Å²) in [5.41, 5.74) is 1.53.